The monoisotopic (exact) mass is 527 g/mol. The topological polar surface area (TPSA) is 53.2 Å². The summed E-state index contributed by atoms with van der Waals surface area (Å²) in [5, 5.41) is 11.3. The van der Waals surface area contributed by atoms with E-state index < -0.39 is 0 Å². The van der Waals surface area contributed by atoms with Crippen molar-refractivity contribution in [1.29, 1.82) is 0 Å². The molecule has 0 radical (unpaired) electrons. The number of benzene rings is 2. The van der Waals surface area contributed by atoms with Crippen molar-refractivity contribution in [2.45, 2.75) is 115 Å². The van der Waals surface area contributed by atoms with Crippen molar-refractivity contribution in [3.63, 3.8) is 0 Å². The fourth-order valence-corrected chi connectivity index (χ4v) is 8.30. The summed E-state index contributed by atoms with van der Waals surface area (Å²) in [6.45, 7) is 3.22. The van der Waals surface area contributed by atoms with Crippen LogP contribution < -0.4 is 16.0 Å². The highest BCUT2D eigenvalue weighted by molar-refractivity contribution is 5.88. The minimum Gasteiger partial charge on any atom is -0.373 e. The van der Waals surface area contributed by atoms with Crippen LogP contribution in [0.1, 0.15) is 93.7 Å². The zero-order chi connectivity index (χ0) is 26.7. The third-order valence-corrected chi connectivity index (χ3v) is 10.6. The molecule has 0 aromatic heterocycles. The molecule has 3 fully saturated rings. The highest BCUT2D eigenvalue weighted by Crippen LogP contribution is 2.50. The molecular formula is C35H49N3O. The van der Waals surface area contributed by atoms with Gasteiger partial charge in [-0.25, -0.2) is 0 Å². The number of anilines is 1. The Morgan fingerprint density at radius 1 is 0.923 bits per heavy atom. The molecule has 4 nitrogen and oxygen atoms in total. The molecule has 2 aliphatic heterocycles. The van der Waals surface area contributed by atoms with Gasteiger partial charge in [0.15, 0.2) is 0 Å². The van der Waals surface area contributed by atoms with Crippen LogP contribution in [-0.2, 0) is 17.6 Å². The molecular weight excluding hydrogens is 478 g/mol. The Morgan fingerprint density at radius 3 is 2.33 bits per heavy atom. The lowest BCUT2D eigenvalue weighted by Gasteiger charge is -2.52. The molecule has 2 aromatic carbocycles. The van der Waals surface area contributed by atoms with Crippen molar-refractivity contribution in [2.75, 3.05) is 11.9 Å². The number of carbonyl (C=O) groups excluding carboxylic acids is 1. The van der Waals surface area contributed by atoms with Crippen molar-refractivity contribution in [3.05, 3.63) is 65.2 Å². The second-order valence-electron chi connectivity index (χ2n) is 13.2. The average Bonchev–Trinajstić information content (AvgIpc) is 3.70. The zero-order valence-electron chi connectivity index (χ0n) is 24.0. The van der Waals surface area contributed by atoms with E-state index in [2.05, 4.69) is 71.4 Å². The molecule has 3 N–H and O–H groups in total. The van der Waals surface area contributed by atoms with Gasteiger partial charge in [-0.05, 0) is 85.9 Å². The van der Waals surface area contributed by atoms with E-state index in [1.165, 1.54) is 99.4 Å². The van der Waals surface area contributed by atoms with Crippen LogP contribution in [0, 0.1) is 24.2 Å². The maximum Gasteiger partial charge on any atom is 0.243 e. The van der Waals surface area contributed by atoms with Gasteiger partial charge in [0.2, 0.25) is 5.91 Å². The molecule has 39 heavy (non-hydrogen) atoms. The number of rotatable bonds is 6. The number of amides is 1. The van der Waals surface area contributed by atoms with E-state index >= 15 is 0 Å². The standard InChI is InChI=1S/C35H49N3O/c1-25-13-12-16-28-24-30(37-31(25)28)34(39)38-32(27-17-18-27)33-29(23-26-14-8-7-9-15-26)35(21-22-36-33)19-10-5-3-2-4-6-11-20-35/h7-9,12-16,27,29-30,32-33,36-37H,2-6,10-11,17-24H2,1H3,(H,38,39). The van der Waals surface area contributed by atoms with Gasteiger partial charge < -0.3 is 16.0 Å². The van der Waals surface area contributed by atoms with Crippen LogP contribution in [0.3, 0.4) is 0 Å². The van der Waals surface area contributed by atoms with E-state index in [9.17, 15) is 4.79 Å². The third-order valence-electron chi connectivity index (χ3n) is 10.6. The van der Waals surface area contributed by atoms with Crippen molar-refractivity contribution >= 4 is 11.6 Å². The second kappa shape index (κ2) is 12.0. The highest BCUT2D eigenvalue weighted by Gasteiger charge is 2.50. The van der Waals surface area contributed by atoms with Gasteiger partial charge in [-0.1, -0.05) is 93.5 Å². The fraction of sp³-hybridized carbons (Fsp3) is 0.629. The van der Waals surface area contributed by atoms with E-state index in [0.29, 0.717) is 23.3 Å². The quantitative estimate of drug-likeness (QED) is 0.381. The summed E-state index contributed by atoms with van der Waals surface area (Å²) in [6, 6.07) is 18.0. The number of piperidine rings is 1. The first-order chi connectivity index (χ1) is 19.1. The summed E-state index contributed by atoms with van der Waals surface area (Å²) in [6.07, 6.45) is 18.1. The van der Waals surface area contributed by atoms with Gasteiger partial charge in [-0.3, -0.25) is 4.79 Å². The Bertz CT molecular complexity index is 1100. The Labute approximate surface area is 236 Å². The Kier molecular flexibility index (Phi) is 8.30. The molecule has 2 heterocycles. The predicted molar refractivity (Wildman–Crippen MR) is 161 cm³/mol. The molecule has 4 heteroatoms. The van der Waals surface area contributed by atoms with Crippen LogP contribution in [0.5, 0.6) is 0 Å². The molecule has 1 amide bonds. The van der Waals surface area contributed by atoms with Crippen molar-refractivity contribution in [3.8, 4) is 0 Å². The summed E-state index contributed by atoms with van der Waals surface area (Å²) < 4.78 is 0. The molecule has 6 rings (SSSR count). The van der Waals surface area contributed by atoms with E-state index in [1.807, 2.05) is 0 Å². The Morgan fingerprint density at radius 2 is 1.64 bits per heavy atom. The van der Waals surface area contributed by atoms with Gasteiger partial charge in [0.05, 0.1) is 0 Å². The molecule has 4 atom stereocenters. The van der Waals surface area contributed by atoms with E-state index in [1.54, 1.807) is 0 Å². The molecule has 2 saturated carbocycles. The first-order valence-corrected chi connectivity index (χ1v) is 16.1. The lowest BCUT2D eigenvalue weighted by molar-refractivity contribution is -0.123. The smallest absolute Gasteiger partial charge is 0.243 e. The average molecular weight is 528 g/mol. The number of carbonyl (C=O) groups is 1. The van der Waals surface area contributed by atoms with Crippen LogP contribution in [0.25, 0.3) is 0 Å². The van der Waals surface area contributed by atoms with Crippen LogP contribution in [-0.4, -0.2) is 30.6 Å². The maximum absolute atomic E-state index is 13.8. The molecule has 1 saturated heterocycles. The largest absolute Gasteiger partial charge is 0.373 e. The Hall–Kier alpha value is -2.33. The summed E-state index contributed by atoms with van der Waals surface area (Å²) >= 11 is 0. The second-order valence-corrected chi connectivity index (χ2v) is 13.2. The van der Waals surface area contributed by atoms with Crippen molar-refractivity contribution < 1.29 is 4.79 Å². The number of fused-ring (bicyclic) bond motifs is 1. The predicted octanol–water partition coefficient (Wildman–Crippen LogP) is 6.96. The van der Waals surface area contributed by atoms with Crippen LogP contribution in [0.4, 0.5) is 5.69 Å². The lowest BCUT2D eigenvalue weighted by Crippen LogP contribution is -2.63. The van der Waals surface area contributed by atoms with Gasteiger partial charge in [0.1, 0.15) is 6.04 Å². The highest BCUT2D eigenvalue weighted by atomic mass is 16.2. The number of aryl methyl sites for hydroxylation is 1. The minimum absolute atomic E-state index is 0.166. The van der Waals surface area contributed by atoms with Gasteiger partial charge in [-0.15, -0.1) is 0 Å². The number of para-hydroxylation sites is 1. The van der Waals surface area contributed by atoms with E-state index in [-0.39, 0.29) is 18.0 Å². The zero-order valence-corrected chi connectivity index (χ0v) is 24.0. The van der Waals surface area contributed by atoms with Crippen LogP contribution in [0.15, 0.2) is 48.5 Å². The van der Waals surface area contributed by atoms with E-state index in [0.717, 1.165) is 19.4 Å². The molecule has 4 unspecified atom stereocenters. The molecule has 210 valence electrons. The third kappa shape index (κ3) is 6.06. The van der Waals surface area contributed by atoms with E-state index in [4.69, 9.17) is 0 Å². The summed E-state index contributed by atoms with van der Waals surface area (Å²) in [5.74, 6) is 1.34. The molecule has 2 aliphatic carbocycles. The molecule has 1 spiro atoms. The normalized spacial score (nSPS) is 27.8. The van der Waals surface area contributed by atoms with Gasteiger partial charge in [0, 0.05) is 24.2 Å². The first-order valence-electron chi connectivity index (χ1n) is 16.1. The molecule has 0 bridgehead atoms. The van der Waals surface area contributed by atoms with Gasteiger partial charge >= 0.3 is 0 Å². The van der Waals surface area contributed by atoms with Crippen molar-refractivity contribution in [2.24, 2.45) is 17.3 Å². The lowest BCUT2D eigenvalue weighted by atomic mass is 9.59. The molecule has 4 aliphatic rings. The maximum atomic E-state index is 13.8. The van der Waals surface area contributed by atoms with Crippen molar-refractivity contribution in [1.82, 2.24) is 10.6 Å². The molecule has 2 aromatic rings. The van der Waals surface area contributed by atoms with Crippen LogP contribution >= 0.6 is 0 Å². The fourth-order valence-electron chi connectivity index (χ4n) is 8.30. The Balaban J connectivity index is 1.26. The van der Waals surface area contributed by atoms with Gasteiger partial charge in [-0.2, -0.15) is 0 Å². The van der Waals surface area contributed by atoms with Crippen LogP contribution in [0.2, 0.25) is 0 Å². The number of nitrogens with one attached hydrogen (secondary N) is 3. The first kappa shape index (κ1) is 26.9. The summed E-state index contributed by atoms with van der Waals surface area (Å²) in [7, 11) is 0. The number of hydrogen-bond donors (Lipinski definition) is 3. The number of hydrogen-bond acceptors (Lipinski definition) is 3. The van der Waals surface area contributed by atoms with Gasteiger partial charge in [0.25, 0.3) is 0 Å². The summed E-state index contributed by atoms with van der Waals surface area (Å²) in [5.41, 5.74) is 5.50. The summed E-state index contributed by atoms with van der Waals surface area (Å²) in [4.78, 5) is 13.8. The SMILES string of the molecule is Cc1cccc2c1NC(C(=O)NC(C1CC1)C1NCCC3(CCCCCCCCC3)C1Cc1ccccc1)C2. The minimum atomic E-state index is -0.166.